The van der Waals surface area contributed by atoms with Gasteiger partial charge in [-0.15, -0.1) is 0 Å². The van der Waals surface area contributed by atoms with E-state index in [2.05, 4.69) is 15.3 Å². The Morgan fingerprint density at radius 2 is 2.21 bits per heavy atom. The maximum absolute atomic E-state index is 12.0. The van der Waals surface area contributed by atoms with Gasteiger partial charge < -0.3 is 11.1 Å². The number of carbonyl (C=O) groups excluding carboxylic acids is 1. The third-order valence-electron chi connectivity index (χ3n) is 2.56. The third kappa shape index (κ3) is 3.27. The lowest BCUT2D eigenvalue weighted by atomic mass is 10.2. The number of rotatable bonds is 3. The van der Waals surface area contributed by atoms with Gasteiger partial charge >= 0.3 is 0 Å². The fourth-order valence-corrected chi connectivity index (χ4v) is 1.66. The summed E-state index contributed by atoms with van der Waals surface area (Å²) >= 11 is 5.83. The number of nitrogens with one attached hydrogen (secondary N) is 1. The predicted molar refractivity (Wildman–Crippen MR) is 74.1 cm³/mol. The lowest BCUT2D eigenvalue weighted by molar-refractivity contribution is 0.102. The molecule has 1 amide bonds. The van der Waals surface area contributed by atoms with E-state index < -0.39 is 0 Å². The second-order valence-electron chi connectivity index (χ2n) is 4.03. The summed E-state index contributed by atoms with van der Waals surface area (Å²) in [5.41, 5.74) is 8.05. The molecule has 2 rings (SSSR count). The molecule has 0 saturated carbocycles. The Kier molecular flexibility index (Phi) is 4.09. The van der Waals surface area contributed by atoms with Crippen molar-refractivity contribution in [1.29, 1.82) is 0 Å². The van der Waals surface area contributed by atoms with Gasteiger partial charge in [-0.1, -0.05) is 11.6 Å². The molecule has 0 aliphatic rings. The Labute approximate surface area is 115 Å². The molecule has 3 N–H and O–H groups in total. The zero-order valence-corrected chi connectivity index (χ0v) is 11.1. The van der Waals surface area contributed by atoms with Crippen molar-refractivity contribution in [2.24, 2.45) is 5.73 Å². The molecule has 0 atom stereocenters. The quantitative estimate of drug-likeness (QED) is 0.842. The average Bonchev–Trinajstić information content (AvgIpc) is 2.43. The van der Waals surface area contributed by atoms with E-state index in [1.54, 1.807) is 24.4 Å². The number of pyridine rings is 2. The Morgan fingerprint density at radius 1 is 1.42 bits per heavy atom. The Balaban J connectivity index is 2.18. The Bertz CT molecular complexity index is 615. The summed E-state index contributed by atoms with van der Waals surface area (Å²) < 4.78 is 0. The van der Waals surface area contributed by atoms with Crippen molar-refractivity contribution in [3.8, 4) is 0 Å². The Morgan fingerprint density at radius 3 is 2.89 bits per heavy atom. The topological polar surface area (TPSA) is 80.9 Å². The van der Waals surface area contributed by atoms with E-state index >= 15 is 0 Å². The minimum Gasteiger partial charge on any atom is -0.325 e. The van der Waals surface area contributed by atoms with Gasteiger partial charge in [-0.2, -0.15) is 0 Å². The minimum absolute atomic E-state index is 0.236. The molecule has 2 aromatic heterocycles. The zero-order chi connectivity index (χ0) is 13.8. The normalized spacial score (nSPS) is 10.3. The van der Waals surface area contributed by atoms with E-state index in [0.717, 1.165) is 5.56 Å². The van der Waals surface area contributed by atoms with Crippen molar-refractivity contribution in [1.82, 2.24) is 9.97 Å². The predicted octanol–water partition coefficient (Wildman–Crippen LogP) is 2.15. The molecular weight excluding hydrogens is 264 g/mol. The monoisotopic (exact) mass is 276 g/mol. The first-order chi connectivity index (χ1) is 9.10. The van der Waals surface area contributed by atoms with Gasteiger partial charge in [0.25, 0.3) is 5.91 Å². The number of nitrogens with two attached hydrogens (primary N) is 1. The smallest absolute Gasteiger partial charge is 0.255 e. The van der Waals surface area contributed by atoms with Gasteiger partial charge in [0.1, 0.15) is 5.15 Å². The van der Waals surface area contributed by atoms with E-state index in [9.17, 15) is 4.79 Å². The van der Waals surface area contributed by atoms with Gasteiger partial charge in [0.2, 0.25) is 0 Å². The van der Waals surface area contributed by atoms with Crippen LogP contribution in [0.3, 0.4) is 0 Å². The first-order valence-electron chi connectivity index (χ1n) is 5.68. The molecule has 0 spiro atoms. The summed E-state index contributed by atoms with van der Waals surface area (Å²) in [6, 6.07) is 5.05. The summed E-state index contributed by atoms with van der Waals surface area (Å²) in [4.78, 5) is 20.1. The molecule has 2 heterocycles. The van der Waals surface area contributed by atoms with Crippen molar-refractivity contribution in [3.05, 3.63) is 52.6 Å². The van der Waals surface area contributed by atoms with Crippen LogP contribution in [0, 0.1) is 6.92 Å². The van der Waals surface area contributed by atoms with Gasteiger partial charge in [0.15, 0.2) is 0 Å². The van der Waals surface area contributed by atoms with Crippen LogP contribution < -0.4 is 11.1 Å². The van der Waals surface area contributed by atoms with Crippen LogP contribution >= 0.6 is 11.6 Å². The second-order valence-corrected chi connectivity index (χ2v) is 4.38. The molecule has 0 saturated heterocycles. The van der Waals surface area contributed by atoms with Gasteiger partial charge in [-0.3, -0.25) is 9.78 Å². The number of hydrogen-bond acceptors (Lipinski definition) is 4. The fourth-order valence-electron chi connectivity index (χ4n) is 1.56. The molecule has 0 aliphatic heterocycles. The van der Waals surface area contributed by atoms with E-state index in [1.807, 2.05) is 6.92 Å². The molecule has 6 heteroatoms. The third-order valence-corrected chi connectivity index (χ3v) is 2.96. The molecule has 0 aromatic carbocycles. The number of aromatic nitrogens is 2. The molecule has 2 aromatic rings. The van der Waals surface area contributed by atoms with Gasteiger partial charge in [0, 0.05) is 18.3 Å². The number of aryl methyl sites for hydroxylation is 1. The molecule has 0 fully saturated rings. The van der Waals surface area contributed by atoms with Crippen molar-refractivity contribution >= 4 is 23.2 Å². The standard InChI is InChI=1S/C13H13ClN4O/c1-8-4-11(7-17-12(8)14)18-13(19)9-2-3-16-10(5-9)6-15/h2-5,7H,6,15H2,1H3,(H,18,19). The van der Waals surface area contributed by atoms with Crippen molar-refractivity contribution in [2.45, 2.75) is 13.5 Å². The average molecular weight is 277 g/mol. The highest BCUT2D eigenvalue weighted by molar-refractivity contribution is 6.30. The SMILES string of the molecule is Cc1cc(NC(=O)c2ccnc(CN)c2)cnc1Cl. The number of carbonyl (C=O) groups is 1. The molecular formula is C13H13ClN4O. The summed E-state index contributed by atoms with van der Waals surface area (Å²) in [6.07, 6.45) is 3.07. The number of nitrogens with zero attached hydrogens (tertiary/aromatic N) is 2. The van der Waals surface area contributed by atoms with E-state index in [4.69, 9.17) is 17.3 Å². The molecule has 0 unspecified atom stereocenters. The number of anilines is 1. The maximum Gasteiger partial charge on any atom is 0.255 e. The van der Waals surface area contributed by atoms with Crippen LogP contribution in [0.1, 0.15) is 21.6 Å². The summed E-state index contributed by atoms with van der Waals surface area (Å²) in [5, 5.41) is 3.17. The lowest BCUT2D eigenvalue weighted by Gasteiger charge is -2.07. The lowest BCUT2D eigenvalue weighted by Crippen LogP contribution is -2.13. The summed E-state index contributed by atoms with van der Waals surface area (Å²) in [6.45, 7) is 2.12. The first kappa shape index (κ1) is 13.5. The highest BCUT2D eigenvalue weighted by Crippen LogP contribution is 2.16. The zero-order valence-electron chi connectivity index (χ0n) is 10.4. The van der Waals surface area contributed by atoms with Crippen LogP contribution in [0.15, 0.2) is 30.6 Å². The highest BCUT2D eigenvalue weighted by Gasteiger charge is 2.08. The second kappa shape index (κ2) is 5.77. The van der Waals surface area contributed by atoms with Crippen LogP contribution in [0.25, 0.3) is 0 Å². The first-order valence-corrected chi connectivity index (χ1v) is 6.06. The van der Waals surface area contributed by atoms with E-state index in [0.29, 0.717) is 28.6 Å². The van der Waals surface area contributed by atoms with Gasteiger partial charge in [0.05, 0.1) is 17.6 Å². The van der Waals surface area contributed by atoms with E-state index in [1.165, 1.54) is 6.20 Å². The Hall–Kier alpha value is -1.98. The van der Waals surface area contributed by atoms with Crippen molar-refractivity contribution in [3.63, 3.8) is 0 Å². The molecule has 5 nitrogen and oxygen atoms in total. The fraction of sp³-hybridized carbons (Fsp3) is 0.154. The largest absolute Gasteiger partial charge is 0.325 e. The van der Waals surface area contributed by atoms with Gasteiger partial charge in [-0.05, 0) is 30.7 Å². The van der Waals surface area contributed by atoms with E-state index in [-0.39, 0.29) is 5.91 Å². The van der Waals surface area contributed by atoms with Crippen molar-refractivity contribution < 1.29 is 4.79 Å². The van der Waals surface area contributed by atoms with Crippen LogP contribution in [0.2, 0.25) is 5.15 Å². The van der Waals surface area contributed by atoms with Crippen LogP contribution in [0.5, 0.6) is 0 Å². The summed E-state index contributed by atoms with van der Waals surface area (Å²) in [7, 11) is 0. The minimum atomic E-state index is -0.236. The summed E-state index contributed by atoms with van der Waals surface area (Å²) in [5.74, 6) is -0.236. The molecule has 0 radical (unpaired) electrons. The molecule has 98 valence electrons. The molecule has 0 aliphatic carbocycles. The highest BCUT2D eigenvalue weighted by atomic mass is 35.5. The maximum atomic E-state index is 12.0. The number of halogens is 1. The number of amides is 1. The molecule has 0 bridgehead atoms. The van der Waals surface area contributed by atoms with Crippen LogP contribution in [-0.2, 0) is 6.54 Å². The van der Waals surface area contributed by atoms with Gasteiger partial charge in [-0.25, -0.2) is 4.98 Å². The van der Waals surface area contributed by atoms with Crippen LogP contribution in [0.4, 0.5) is 5.69 Å². The van der Waals surface area contributed by atoms with Crippen molar-refractivity contribution in [2.75, 3.05) is 5.32 Å². The van der Waals surface area contributed by atoms with Crippen LogP contribution in [-0.4, -0.2) is 15.9 Å². The number of hydrogen-bond donors (Lipinski definition) is 2. The molecule has 19 heavy (non-hydrogen) atoms.